The number of amides is 1. The van der Waals surface area contributed by atoms with E-state index in [-0.39, 0.29) is 12.3 Å². The van der Waals surface area contributed by atoms with Crippen LogP contribution in [0.1, 0.15) is 12.0 Å². The lowest BCUT2D eigenvalue weighted by atomic mass is 10.1. The average Bonchev–Trinajstić information content (AvgIpc) is 2.50. The van der Waals surface area contributed by atoms with Gasteiger partial charge in [-0.3, -0.25) is 4.79 Å². The van der Waals surface area contributed by atoms with Crippen molar-refractivity contribution in [3.8, 4) is 0 Å². The van der Waals surface area contributed by atoms with Crippen molar-refractivity contribution in [2.24, 2.45) is 5.73 Å². The van der Waals surface area contributed by atoms with Gasteiger partial charge in [-0.05, 0) is 30.7 Å². The van der Waals surface area contributed by atoms with Gasteiger partial charge in [-0.15, -0.1) is 0 Å². The van der Waals surface area contributed by atoms with Crippen LogP contribution < -0.4 is 10.6 Å². The molecule has 4 heteroatoms. The predicted octanol–water partition coefficient (Wildman–Crippen LogP) is 2.75. The second kappa shape index (κ2) is 7.55. The van der Waals surface area contributed by atoms with Crippen molar-refractivity contribution in [3.63, 3.8) is 0 Å². The van der Waals surface area contributed by atoms with Crippen LogP contribution in [0.25, 0.3) is 0 Å². The zero-order valence-corrected chi connectivity index (χ0v) is 11.8. The smallest absolute Gasteiger partial charge is 0.231 e. The van der Waals surface area contributed by atoms with E-state index < -0.39 is 5.82 Å². The minimum absolute atomic E-state index is 0.125. The van der Waals surface area contributed by atoms with Gasteiger partial charge >= 0.3 is 0 Å². The van der Waals surface area contributed by atoms with Crippen LogP contribution in [0, 0.1) is 5.82 Å². The number of hydrogen-bond acceptors (Lipinski definition) is 2. The van der Waals surface area contributed by atoms with Crippen LogP contribution in [-0.4, -0.2) is 19.0 Å². The molecule has 0 saturated carbocycles. The molecule has 2 aromatic rings. The number of para-hydroxylation sites is 1. The van der Waals surface area contributed by atoms with Gasteiger partial charge in [0.2, 0.25) is 5.91 Å². The zero-order valence-electron chi connectivity index (χ0n) is 11.8. The Labute approximate surface area is 124 Å². The summed E-state index contributed by atoms with van der Waals surface area (Å²) in [6, 6.07) is 15.8. The Kier molecular flexibility index (Phi) is 5.46. The molecule has 21 heavy (non-hydrogen) atoms. The number of benzene rings is 2. The molecule has 0 aromatic heterocycles. The number of nitrogens with two attached hydrogens (primary N) is 1. The van der Waals surface area contributed by atoms with E-state index in [0.717, 1.165) is 5.56 Å². The summed E-state index contributed by atoms with van der Waals surface area (Å²) in [6.07, 6.45) is 0.884. The molecule has 2 N–H and O–H groups in total. The van der Waals surface area contributed by atoms with Gasteiger partial charge in [-0.2, -0.15) is 0 Å². The molecule has 0 saturated heterocycles. The van der Waals surface area contributed by atoms with Gasteiger partial charge in [0.15, 0.2) is 0 Å². The van der Waals surface area contributed by atoms with E-state index in [0.29, 0.717) is 25.2 Å². The van der Waals surface area contributed by atoms with Crippen LogP contribution >= 0.6 is 0 Å². The minimum Gasteiger partial charge on any atom is -0.330 e. The fraction of sp³-hybridized carbons (Fsp3) is 0.235. The minimum atomic E-state index is -0.393. The van der Waals surface area contributed by atoms with E-state index in [1.165, 1.54) is 11.0 Å². The highest BCUT2D eigenvalue weighted by Gasteiger charge is 2.18. The average molecular weight is 286 g/mol. The van der Waals surface area contributed by atoms with Crippen LogP contribution in [0.15, 0.2) is 54.6 Å². The summed E-state index contributed by atoms with van der Waals surface area (Å²) >= 11 is 0. The third kappa shape index (κ3) is 4.13. The lowest BCUT2D eigenvalue weighted by Gasteiger charge is -2.23. The summed E-state index contributed by atoms with van der Waals surface area (Å²) in [4.78, 5) is 14.0. The second-order valence-electron chi connectivity index (χ2n) is 4.80. The van der Waals surface area contributed by atoms with Crippen molar-refractivity contribution in [2.45, 2.75) is 12.8 Å². The van der Waals surface area contributed by atoms with E-state index in [9.17, 15) is 9.18 Å². The van der Waals surface area contributed by atoms with Crippen molar-refractivity contribution in [1.29, 1.82) is 0 Å². The number of nitrogens with zero attached hydrogens (tertiary/aromatic N) is 1. The number of hydrogen-bond donors (Lipinski definition) is 1. The molecule has 110 valence electrons. The van der Waals surface area contributed by atoms with Crippen LogP contribution in [0.3, 0.4) is 0 Å². The van der Waals surface area contributed by atoms with Crippen molar-refractivity contribution in [2.75, 3.05) is 18.0 Å². The second-order valence-corrected chi connectivity index (χ2v) is 4.80. The maximum absolute atomic E-state index is 13.9. The molecule has 0 fully saturated rings. The Bertz CT molecular complexity index is 586. The monoisotopic (exact) mass is 286 g/mol. The van der Waals surface area contributed by atoms with Gasteiger partial charge in [0.25, 0.3) is 0 Å². The number of halogens is 1. The molecule has 0 radical (unpaired) electrons. The molecule has 2 rings (SSSR count). The van der Waals surface area contributed by atoms with Crippen LogP contribution in [0.2, 0.25) is 0 Å². The molecule has 0 aliphatic carbocycles. The molecule has 0 heterocycles. The van der Waals surface area contributed by atoms with Gasteiger partial charge in [0.05, 0.1) is 12.1 Å². The summed E-state index contributed by atoms with van der Waals surface area (Å²) in [5.74, 6) is -0.518. The lowest BCUT2D eigenvalue weighted by molar-refractivity contribution is -0.118. The van der Waals surface area contributed by atoms with Crippen LogP contribution in [0.5, 0.6) is 0 Å². The molecule has 0 spiro atoms. The van der Waals surface area contributed by atoms with Gasteiger partial charge in [-0.25, -0.2) is 4.39 Å². The van der Waals surface area contributed by atoms with Crippen LogP contribution in [-0.2, 0) is 11.2 Å². The molecule has 3 nitrogen and oxygen atoms in total. The molecule has 1 amide bonds. The van der Waals surface area contributed by atoms with Crippen molar-refractivity contribution in [3.05, 3.63) is 66.0 Å². The maximum atomic E-state index is 13.9. The molecule has 0 aliphatic rings. The van der Waals surface area contributed by atoms with Crippen molar-refractivity contribution >= 4 is 11.6 Å². The van der Waals surface area contributed by atoms with E-state index in [1.54, 1.807) is 18.2 Å². The summed E-state index contributed by atoms with van der Waals surface area (Å²) in [7, 11) is 0. The van der Waals surface area contributed by atoms with Gasteiger partial charge in [-0.1, -0.05) is 42.5 Å². The van der Waals surface area contributed by atoms with Gasteiger partial charge < -0.3 is 10.6 Å². The normalized spacial score (nSPS) is 10.4. The number of carbonyl (C=O) groups excluding carboxylic acids is 1. The Hall–Kier alpha value is -2.20. The first-order chi connectivity index (χ1) is 10.2. The first kappa shape index (κ1) is 15.2. The van der Waals surface area contributed by atoms with Crippen LogP contribution in [0.4, 0.5) is 10.1 Å². The first-order valence-corrected chi connectivity index (χ1v) is 7.01. The highest BCUT2D eigenvalue weighted by Crippen LogP contribution is 2.20. The third-order valence-corrected chi connectivity index (χ3v) is 3.23. The quantitative estimate of drug-likeness (QED) is 0.887. The topological polar surface area (TPSA) is 46.3 Å². The van der Waals surface area contributed by atoms with Crippen molar-refractivity contribution in [1.82, 2.24) is 0 Å². The largest absolute Gasteiger partial charge is 0.330 e. The molecule has 0 unspecified atom stereocenters. The van der Waals surface area contributed by atoms with E-state index in [4.69, 9.17) is 5.73 Å². The lowest BCUT2D eigenvalue weighted by Crippen LogP contribution is -2.34. The zero-order chi connectivity index (χ0) is 15.1. The molecule has 0 atom stereocenters. The van der Waals surface area contributed by atoms with Crippen molar-refractivity contribution < 1.29 is 9.18 Å². The summed E-state index contributed by atoms with van der Waals surface area (Å²) in [5, 5.41) is 0. The number of carbonyl (C=O) groups is 1. The van der Waals surface area contributed by atoms with Gasteiger partial charge in [0.1, 0.15) is 5.82 Å². The highest BCUT2D eigenvalue weighted by atomic mass is 19.1. The number of anilines is 1. The molecule has 0 bridgehead atoms. The molecule has 0 aliphatic heterocycles. The molecule has 2 aromatic carbocycles. The fourth-order valence-electron chi connectivity index (χ4n) is 2.17. The maximum Gasteiger partial charge on any atom is 0.231 e. The standard InChI is InChI=1S/C17H19FN2O/c18-15-9-4-5-10-16(15)20(12-6-11-19)17(21)13-14-7-2-1-3-8-14/h1-5,7-10H,6,11-13,19H2. The van der Waals surface area contributed by atoms with Gasteiger partial charge in [0, 0.05) is 6.54 Å². The number of rotatable bonds is 6. The first-order valence-electron chi connectivity index (χ1n) is 7.01. The van der Waals surface area contributed by atoms with E-state index >= 15 is 0 Å². The summed E-state index contributed by atoms with van der Waals surface area (Å²) in [6.45, 7) is 0.882. The highest BCUT2D eigenvalue weighted by molar-refractivity contribution is 5.94. The predicted molar refractivity (Wildman–Crippen MR) is 82.6 cm³/mol. The third-order valence-electron chi connectivity index (χ3n) is 3.23. The fourth-order valence-corrected chi connectivity index (χ4v) is 2.17. The van der Waals surface area contributed by atoms with E-state index in [2.05, 4.69) is 0 Å². The Balaban J connectivity index is 2.19. The molecular formula is C17H19FN2O. The summed E-state index contributed by atoms with van der Waals surface area (Å²) < 4.78 is 13.9. The Morgan fingerprint density at radius 1 is 1.05 bits per heavy atom. The summed E-state index contributed by atoms with van der Waals surface area (Å²) in [5.41, 5.74) is 6.74. The Morgan fingerprint density at radius 2 is 1.71 bits per heavy atom. The molecular weight excluding hydrogens is 267 g/mol. The SMILES string of the molecule is NCCCN(C(=O)Cc1ccccc1)c1ccccc1F. The van der Waals surface area contributed by atoms with E-state index in [1.807, 2.05) is 30.3 Å². The Morgan fingerprint density at radius 3 is 2.38 bits per heavy atom.